The highest BCUT2D eigenvalue weighted by Gasteiger charge is 2.20. The first-order valence-electron chi connectivity index (χ1n) is 10.7. The molecule has 5 heteroatoms. The monoisotopic (exact) mass is 383 g/mol. The first-order chi connectivity index (χ1) is 13.7. The predicted octanol–water partition coefficient (Wildman–Crippen LogP) is 4.79. The Bertz CT molecular complexity index is 700. The van der Waals surface area contributed by atoms with Crippen LogP contribution in [0, 0.1) is 5.92 Å². The number of oxazole rings is 1. The molecule has 1 aromatic heterocycles. The molecule has 1 fully saturated rings. The summed E-state index contributed by atoms with van der Waals surface area (Å²) in [6.07, 6.45) is 8.03. The maximum atomic E-state index is 11.9. The number of Topliss-reactive ketones (excluding diaryl/α,β-unsaturated/α-hetero) is 1. The van der Waals surface area contributed by atoms with Crippen molar-refractivity contribution < 1.29 is 9.21 Å². The molecule has 3 rings (SSSR count). The summed E-state index contributed by atoms with van der Waals surface area (Å²) in [6, 6.07) is 9.04. The quantitative estimate of drug-likeness (QED) is 0.552. The van der Waals surface area contributed by atoms with E-state index in [1.807, 2.05) is 0 Å². The van der Waals surface area contributed by atoms with Crippen LogP contribution in [-0.4, -0.2) is 41.8 Å². The van der Waals surface area contributed by atoms with Gasteiger partial charge in [-0.15, -0.1) is 0 Å². The summed E-state index contributed by atoms with van der Waals surface area (Å²) in [5.74, 6) is 1.01. The zero-order valence-corrected chi connectivity index (χ0v) is 17.3. The molecular weight excluding hydrogens is 350 g/mol. The molecule has 0 saturated carbocycles. The van der Waals surface area contributed by atoms with E-state index in [0.29, 0.717) is 6.42 Å². The lowest BCUT2D eigenvalue weighted by Crippen LogP contribution is -2.33. The molecule has 0 atom stereocenters. The number of likely N-dealkylation sites (tertiary alicyclic amines) is 1. The molecular formula is C23H33N3O2. The highest BCUT2D eigenvalue weighted by molar-refractivity contribution is 5.91. The molecule has 1 aliphatic rings. The number of hydrogen-bond donors (Lipinski definition) is 0. The third kappa shape index (κ3) is 5.68. The van der Waals surface area contributed by atoms with Crippen LogP contribution in [0.15, 0.2) is 41.1 Å². The van der Waals surface area contributed by atoms with E-state index < -0.39 is 0 Å². The van der Waals surface area contributed by atoms with E-state index in [1.165, 1.54) is 36.6 Å². The Kier molecular flexibility index (Phi) is 7.66. The van der Waals surface area contributed by atoms with Crippen LogP contribution in [0.2, 0.25) is 0 Å². The fraction of sp³-hybridized carbons (Fsp3) is 0.565. The van der Waals surface area contributed by atoms with Gasteiger partial charge in [-0.1, -0.05) is 12.1 Å². The summed E-state index contributed by atoms with van der Waals surface area (Å²) >= 11 is 0. The van der Waals surface area contributed by atoms with Crippen molar-refractivity contribution in [1.29, 1.82) is 0 Å². The summed E-state index contributed by atoms with van der Waals surface area (Å²) < 4.78 is 5.07. The van der Waals surface area contributed by atoms with E-state index in [0.717, 1.165) is 51.5 Å². The van der Waals surface area contributed by atoms with Gasteiger partial charge in [-0.3, -0.25) is 9.69 Å². The molecule has 0 aliphatic carbocycles. The van der Waals surface area contributed by atoms with E-state index in [9.17, 15) is 4.79 Å². The molecule has 1 saturated heterocycles. The SMILES string of the molecule is CCN(CC)c1ccc(CN2CCC(CCCC(=O)c3ncco3)CC2)cc1. The Balaban J connectivity index is 1.36. The lowest BCUT2D eigenvalue weighted by atomic mass is 9.91. The Morgan fingerprint density at radius 3 is 2.50 bits per heavy atom. The van der Waals surface area contributed by atoms with Crippen molar-refractivity contribution in [2.24, 2.45) is 5.92 Å². The van der Waals surface area contributed by atoms with Crippen LogP contribution < -0.4 is 4.90 Å². The molecule has 0 unspecified atom stereocenters. The van der Waals surface area contributed by atoms with Crippen molar-refractivity contribution in [3.05, 3.63) is 48.2 Å². The van der Waals surface area contributed by atoms with Gasteiger partial charge in [0.25, 0.3) is 5.89 Å². The van der Waals surface area contributed by atoms with Crippen molar-refractivity contribution in [3.8, 4) is 0 Å². The average Bonchev–Trinajstić information content (AvgIpc) is 3.26. The minimum Gasteiger partial charge on any atom is -0.442 e. The Morgan fingerprint density at radius 1 is 1.18 bits per heavy atom. The lowest BCUT2D eigenvalue weighted by molar-refractivity contribution is 0.0940. The summed E-state index contributed by atoms with van der Waals surface area (Å²) in [5.41, 5.74) is 2.71. The van der Waals surface area contributed by atoms with Crippen LogP contribution in [0.4, 0.5) is 5.69 Å². The molecule has 1 aliphatic heterocycles. The van der Waals surface area contributed by atoms with Crippen molar-refractivity contribution in [2.45, 2.75) is 52.5 Å². The Hall–Kier alpha value is -2.14. The van der Waals surface area contributed by atoms with Crippen LogP contribution in [0.25, 0.3) is 0 Å². The summed E-state index contributed by atoms with van der Waals surface area (Å²) in [7, 11) is 0. The summed E-state index contributed by atoms with van der Waals surface area (Å²) in [6.45, 7) is 9.83. The van der Waals surface area contributed by atoms with E-state index in [4.69, 9.17) is 4.42 Å². The van der Waals surface area contributed by atoms with Crippen molar-refractivity contribution >= 4 is 11.5 Å². The number of rotatable bonds is 10. The number of carbonyl (C=O) groups is 1. The number of nitrogens with zero attached hydrogens (tertiary/aromatic N) is 3. The fourth-order valence-electron chi connectivity index (χ4n) is 4.11. The van der Waals surface area contributed by atoms with Crippen molar-refractivity contribution in [2.75, 3.05) is 31.1 Å². The number of benzene rings is 1. The Morgan fingerprint density at radius 2 is 1.89 bits per heavy atom. The smallest absolute Gasteiger partial charge is 0.263 e. The second-order valence-corrected chi connectivity index (χ2v) is 7.71. The van der Waals surface area contributed by atoms with Gasteiger partial charge in [0.15, 0.2) is 0 Å². The standard InChI is InChI=1S/C23H33N3O2/c1-3-26(4-2)21-10-8-20(9-11-21)18-25-15-12-19(13-16-25)6-5-7-22(27)23-24-14-17-28-23/h8-11,14,17,19H,3-7,12-13,15-16,18H2,1-2H3. The molecule has 0 bridgehead atoms. The van der Waals surface area contributed by atoms with Crippen molar-refractivity contribution in [3.63, 3.8) is 0 Å². The van der Waals surface area contributed by atoms with Crippen LogP contribution in [-0.2, 0) is 6.54 Å². The predicted molar refractivity (Wildman–Crippen MR) is 113 cm³/mol. The van der Waals surface area contributed by atoms with Gasteiger partial charge in [0, 0.05) is 31.7 Å². The first-order valence-corrected chi connectivity index (χ1v) is 10.7. The summed E-state index contributed by atoms with van der Waals surface area (Å²) in [5, 5.41) is 0. The van der Waals surface area contributed by atoms with Gasteiger partial charge in [0.1, 0.15) is 6.26 Å². The second kappa shape index (κ2) is 10.4. The van der Waals surface area contributed by atoms with Gasteiger partial charge in [-0.2, -0.15) is 0 Å². The Labute approximate surface area is 168 Å². The number of ketones is 1. The van der Waals surface area contributed by atoms with E-state index in [1.54, 1.807) is 0 Å². The van der Waals surface area contributed by atoms with Crippen molar-refractivity contribution in [1.82, 2.24) is 9.88 Å². The van der Waals surface area contributed by atoms with E-state index >= 15 is 0 Å². The average molecular weight is 384 g/mol. The zero-order valence-electron chi connectivity index (χ0n) is 17.3. The van der Waals surface area contributed by atoms with Crippen LogP contribution in [0.1, 0.15) is 62.2 Å². The number of anilines is 1. The highest BCUT2D eigenvalue weighted by atomic mass is 16.3. The number of carbonyl (C=O) groups excluding carboxylic acids is 1. The normalized spacial score (nSPS) is 15.6. The number of piperidine rings is 1. The molecule has 2 heterocycles. The van der Waals surface area contributed by atoms with Gasteiger partial charge >= 0.3 is 0 Å². The van der Waals surface area contributed by atoms with Gasteiger partial charge in [0.2, 0.25) is 5.78 Å². The number of aromatic nitrogens is 1. The second-order valence-electron chi connectivity index (χ2n) is 7.71. The molecule has 0 radical (unpaired) electrons. The van der Waals surface area contributed by atoms with Crippen LogP contribution in [0.5, 0.6) is 0 Å². The maximum Gasteiger partial charge on any atom is 0.263 e. The van der Waals surface area contributed by atoms with Gasteiger partial charge in [-0.25, -0.2) is 4.98 Å². The largest absolute Gasteiger partial charge is 0.442 e. The topological polar surface area (TPSA) is 49.6 Å². The minimum atomic E-state index is 0.0237. The molecule has 28 heavy (non-hydrogen) atoms. The van der Waals surface area contributed by atoms with Gasteiger partial charge in [0.05, 0.1) is 6.20 Å². The zero-order chi connectivity index (χ0) is 19.8. The van der Waals surface area contributed by atoms with E-state index in [2.05, 4.69) is 52.9 Å². The summed E-state index contributed by atoms with van der Waals surface area (Å²) in [4.78, 5) is 20.8. The third-order valence-electron chi connectivity index (χ3n) is 5.87. The number of hydrogen-bond acceptors (Lipinski definition) is 5. The first kappa shape index (κ1) is 20.6. The van der Waals surface area contributed by atoms with Crippen LogP contribution in [0.3, 0.4) is 0 Å². The maximum absolute atomic E-state index is 11.9. The molecule has 0 N–H and O–H groups in total. The fourth-order valence-corrected chi connectivity index (χ4v) is 4.11. The third-order valence-corrected chi connectivity index (χ3v) is 5.87. The molecule has 2 aromatic rings. The molecule has 5 nitrogen and oxygen atoms in total. The van der Waals surface area contributed by atoms with E-state index in [-0.39, 0.29) is 11.7 Å². The molecule has 0 spiro atoms. The minimum absolute atomic E-state index is 0.0237. The van der Waals surface area contributed by atoms with Gasteiger partial charge in [-0.05, 0) is 76.2 Å². The molecule has 0 amide bonds. The van der Waals surface area contributed by atoms with Gasteiger partial charge < -0.3 is 9.32 Å². The van der Waals surface area contributed by atoms with Crippen LogP contribution >= 0.6 is 0 Å². The molecule has 152 valence electrons. The lowest BCUT2D eigenvalue weighted by Gasteiger charge is -2.32. The highest BCUT2D eigenvalue weighted by Crippen LogP contribution is 2.24. The molecule has 1 aromatic carbocycles.